The molecule has 0 fully saturated rings. The number of halogens is 2. The van der Waals surface area contributed by atoms with E-state index in [2.05, 4.69) is 0 Å². The fourth-order valence-corrected chi connectivity index (χ4v) is 1.44. The van der Waals surface area contributed by atoms with Gasteiger partial charge in [-0.2, -0.15) is 0 Å². The summed E-state index contributed by atoms with van der Waals surface area (Å²) >= 11 is 5.74. The molecule has 0 saturated heterocycles. The van der Waals surface area contributed by atoms with E-state index in [0.717, 1.165) is 0 Å². The monoisotopic (exact) mass is 259 g/mol. The molecule has 1 rings (SSSR count). The molecule has 0 saturated carbocycles. The van der Waals surface area contributed by atoms with E-state index >= 15 is 0 Å². The Labute approximate surface area is 105 Å². The summed E-state index contributed by atoms with van der Waals surface area (Å²) < 4.78 is 13.2. The predicted octanol–water partition coefficient (Wildman–Crippen LogP) is 2.32. The number of amides is 1. The highest BCUT2D eigenvalue weighted by molar-refractivity contribution is 6.34. The number of aliphatic hydroxyl groups is 1. The molecule has 5 heteroatoms. The SMILES string of the molecule is CN(C(=O)c1cccc(F)c1Cl)C(C)(C)CO. The minimum atomic E-state index is -0.729. The molecule has 1 N–H and O–H groups in total. The van der Waals surface area contributed by atoms with E-state index in [1.165, 1.54) is 23.1 Å². The zero-order valence-corrected chi connectivity index (χ0v) is 10.8. The topological polar surface area (TPSA) is 40.5 Å². The molecule has 0 unspecified atom stereocenters. The predicted molar refractivity (Wildman–Crippen MR) is 64.7 cm³/mol. The third-order valence-corrected chi connectivity index (χ3v) is 3.17. The zero-order chi connectivity index (χ0) is 13.2. The highest BCUT2D eigenvalue weighted by Gasteiger charge is 2.29. The van der Waals surface area contributed by atoms with Gasteiger partial charge in [-0.05, 0) is 26.0 Å². The molecule has 0 aliphatic rings. The summed E-state index contributed by atoms with van der Waals surface area (Å²) in [4.78, 5) is 13.4. The van der Waals surface area contributed by atoms with Crippen LogP contribution in [0.2, 0.25) is 5.02 Å². The number of aliphatic hydroxyl groups excluding tert-OH is 1. The molecule has 0 atom stereocenters. The largest absolute Gasteiger partial charge is 0.394 e. The Balaban J connectivity index is 3.09. The Kier molecular flexibility index (Phi) is 4.11. The second-order valence-electron chi connectivity index (χ2n) is 4.44. The molecule has 0 aromatic heterocycles. The van der Waals surface area contributed by atoms with Crippen LogP contribution in [0.3, 0.4) is 0 Å². The molecule has 0 aliphatic carbocycles. The van der Waals surface area contributed by atoms with Gasteiger partial charge in [-0.3, -0.25) is 4.79 Å². The number of carbonyl (C=O) groups is 1. The summed E-state index contributed by atoms with van der Waals surface area (Å²) in [5, 5.41) is 8.99. The summed E-state index contributed by atoms with van der Waals surface area (Å²) in [6.45, 7) is 3.22. The van der Waals surface area contributed by atoms with Crippen molar-refractivity contribution in [1.29, 1.82) is 0 Å². The van der Waals surface area contributed by atoms with Crippen LogP contribution in [0.25, 0.3) is 0 Å². The van der Waals surface area contributed by atoms with Crippen molar-refractivity contribution >= 4 is 17.5 Å². The van der Waals surface area contributed by atoms with Gasteiger partial charge in [0, 0.05) is 7.05 Å². The molecule has 0 spiro atoms. The molecular weight excluding hydrogens is 245 g/mol. The highest BCUT2D eigenvalue weighted by atomic mass is 35.5. The molecule has 94 valence electrons. The van der Waals surface area contributed by atoms with Crippen molar-refractivity contribution in [3.8, 4) is 0 Å². The first-order chi connectivity index (χ1) is 7.81. The van der Waals surface area contributed by atoms with Gasteiger partial charge in [0.1, 0.15) is 5.82 Å². The van der Waals surface area contributed by atoms with E-state index in [-0.39, 0.29) is 17.2 Å². The van der Waals surface area contributed by atoms with Gasteiger partial charge in [0.05, 0.1) is 22.7 Å². The van der Waals surface area contributed by atoms with Gasteiger partial charge in [-0.25, -0.2) is 4.39 Å². The lowest BCUT2D eigenvalue weighted by molar-refractivity contribution is 0.0473. The van der Waals surface area contributed by atoms with Crippen LogP contribution in [0.15, 0.2) is 18.2 Å². The normalized spacial score (nSPS) is 11.4. The Morgan fingerprint density at radius 2 is 2.12 bits per heavy atom. The molecule has 1 amide bonds. The van der Waals surface area contributed by atoms with Crippen LogP contribution in [-0.2, 0) is 0 Å². The molecule has 0 radical (unpaired) electrons. The maximum Gasteiger partial charge on any atom is 0.255 e. The third-order valence-electron chi connectivity index (χ3n) is 2.78. The lowest BCUT2D eigenvalue weighted by Crippen LogP contribution is -2.47. The van der Waals surface area contributed by atoms with Gasteiger partial charge in [-0.15, -0.1) is 0 Å². The number of benzene rings is 1. The summed E-state index contributed by atoms with van der Waals surface area (Å²) in [5.74, 6) is -1.05. The molecule has 0 bridgehead atoms. The number of likely N-dealkylation sites (N-methyl/N-ethyl adjacent to an activating group) is 1. The van der Waals surface area contributed by atoms with Crippen LogP contribution < -0.4 is 0 Å². The van der Waals surface area contributed by atoms with Gasteiger partial charge in [0.2, 0.25) is 0 Å². The van der Waals surface area contributed by atoms with Crippen molar-refractivity contribution in [1.82, 2.24) is 4.90 Å². The number of carbonyl (C=O) groups excluding carboxylic acids is 1. The summed E-state index contributed by atoms with van der Waals surface area (Å²) in [6, 6.07) is 4.07. The molecule has 3 nitrogen and oxygen atoms in total. The number of hydrogen-bond donors (Lipinski definition) is 1. The first-order valence-electron chi connectivity index (χ1n) is 5.14. The number of hydrogen-bond acceptors (Lipinski definition) is 2. The quantitative estimate of drug-likeness (QED) is 0.905. The molecule has 1 aromatic carbocycles. The number of rotatable bonds is 3. The summed E-state index contributed by atoms with van der Waals surface area (Å²) in [6.07, 6.45) is 0. The zero-order valence-electron chi connectivity index (χ0n) is 10.00. The smallest absolute Gasteiger partial charge is 0.255 e. The highest BCUT2D eigenvalue weighted by Crippen LogP contribution is 2.23. The van der Waals surface area contributed by atoms with Crippen LogP contribution in [0.4, 0.5) is 4.39 Å². The Hall–Kier alpha value is -1.13. The van der Waals surface area contributed by atoms with E-state index in [1.54, 1.807) is 20.9 Å². The molecule has 0 aliphatic heterocycles. The fourth-order valence-electron chi connectivity index (χ4n) is 1.23. The minimum Gasteiger partial charge on any atom is -0.394 e. The minimum absolute atomic E-state index is 0.0932. The molecule has 17 heavy (non-hydrogen) atoms. The van der Waals surface area contributed by atoms with Crippen molar-refractivity contribution in [2.45, 2.75) is 19.4 Å². The Morgan fingerprint density at radius 1 is 1.53 bits per heavy atom. The van der Waals surface area contributed by atoms with Crippen LogP contribution in [0.5, 0.6) is 0 Å². The van der Waals surface area contributed by atoms with Crippen LogP contribution in [0, 0.1) is 5.82 Å². The van der Waals surface area contributed by atoms with Crippen LogP contribution >= 0.6 is 11.6 Å². The lowest BCUT2D eigenvalue weighted by Gasteiger charge is -2.34. The summed E-state index contributed by atoms with van der Waals surface area (Å²) in [7, 11) is 1.54. The molecule has 1 aromatic rings. The van der Waals surface area contributed by atoms with E-state index in [1.807, 2.05) is 0 Å². The van der Waals surface area contributed by atoms with Crippen molar-refractivity contribution in [3.63, 3.8) is 0 Å². The van der Waals surface area contributed by atoms with Gasteiger partial charge in [0.25, 0.3) is 5.91 Å². The third kappa shape index (κ3) is 2.76. The molecular formula is C12H15ClFNO2. The van der Waals surface area contributed by atoms with E-state index in [0.29, 0.717) is 0 Å². The van der Waals surface area contributed by atoms with E-state index < -0.39 is 17.3 Å². The fraction of sp³-hybridized carbons (Fsp3) is 0.417. The Morgan fingerprint density at radius 3 is 2.65 bits per heavy atom. The van der Waals surface area contributed by atoms with Crippen LogP contribution in [0.1, 0.15) is 24.2 Å². The van der Waals surface area contributed by atoms with Gasteiger partial charge in [0.15, 0.2) is 0 Å². The van der Waals surface area contributed by atoms with Crippen LogP contribution in [-0.4, -0.2) is 35.1 Å². The Bertz CT molecular complexity index is 435. The average Bonchev–Trinajstić information content (AvgIpc) is 2.30. The average molecular weight is 260 g/mol. The second kappa shape index (κ2) is 5.02. The van der Waals surface area contributed by atoms with Crippen molar-refractivity contribution < 1.29 is 14.3 Å². The number of nitrogens with zero attached hydrogens (tertiary/aromatic N) is 1. The van der Waals surface area contributed by atoms with Crippen molar-refractivity contribution in [2.24, 2.45) is 0 Å². The first kappa shape index (κ1) is 13.9. The van der Waals surface area contributed by atoms with Crippen molar-refractivity contribution in [2.75, 3.05) is 13.7 Å². The lowest BCUT2D eigenvalue weighted by atomic mass is 10.0. The van der Waals surface area contributed by atoms with Gasteiger partial charge >= 0.3 is 0 Å². The van der Waals surface area contributed by atoms with Gasteiger partial charge < -0.3 is 10.0 Å². The van der Waals surface area contributed by atoms with E-state index in [9.17, 15) is 14.3 Å². The van der Waals surface area contributed by atoms with Crippen molar-refractivity contribution in [3.05, 3.63) is 34.6 Å². The molecule has 0 heterocycles. The maximum absolute atomic E-state index is 13.2. The maximum atomic E-state index is 13.2. The second-order valence-corrected chi connectivity index (χ2v) is 4.81. The summed E-state index contributed by atoms with van der Waals surface area (Å²) in [5.41, 5.74) is -0.636. The standard InChI is InChI=1S/C12H15ClFNO2/c1-12(2,7-16)15(3)11(17)8-5-4-6-9(14)10(8)13/h4-6,16H,7H2,1-3H3. The first-order valence-corrected chi connectivity index (χ1v) is 5.52. The van der Waals surface area contributed by atoms with Gasteiger partial charge in [-0.1, -0.05) is 17.7 Å². The van der Waals surface area contributed by atoms with E-state index in [4.69, 9.17) is 11.6 Å².